The molecule has 1 atom stereocenters. The van der Waals surface area contributed by atoms with Crippen LogP contribution in [0.25, 0.3) is 0 Å². The zero-order valence-corrected chi connectivity index (χ0v) is 9.98. The van der Waals surface area contributed by atoms with E-state index in [4.69, 9.17) is 4.74 Å². The van der Waals surface area contributed by atoms with Crippen LogP contribution in [0, 0.1) is 0 Å². The Balaban J connectivity index is 1.58. The van der Waals surface area contributed by atoms with Crippen molar-refractivity contribution in [2.45, 2.75) is 12.0 Å². The van der Waals surface area contributed by atoms with Crippen molar-refractivity contribution in [3.8, 4) is 5.75 Å². The average Bonchev–Trinajstić information content (AvgIpc) is 2.77. The Morgan fingerprint density at radius 1 is 1.35 bits per heavy atom. The fourth-order valence-electron chi connectivity index (χ4n) is 1.96. The van der Waals surface area contributed by atoms with E-state index in [1.54, 1.807) is 0 Å². The molecule has 1 saturated heterocycles. The second kappa shape index (κ2) is 6.00. The molecule has 1 aliphatic heterocycles. The van der Waals surface area contributed by atoms with E-state index in [1.165, 1.54) is 0 Å². The van der Waals surface area contributed by atoms with Gasteiger partial charge in [0, 0.05) is 19.6 Å². The van der Waals surface area contributed by atoms with Crippen LogP contribution >= 0.6 is 0 Å². The predicted octanol–water partition coefficient (Wildman–Crippen LogP) is 0.379. The maximum Gasteiger partial charge on any atom is 0.119 e. The van der Waals surface area contributed by atoms with Crippen LogP contribution in [-0.4, -0.2) is 43.5 Å². The summed E-state index contributed by atoms with van der Waals surface area (Å²) >= 11 is 0. The molecule has 0 radical (unpaired) electrons. The zero-order valence-electron chi connectivity index (χ0n) is 9.98. The molecule has 1 aliphatic rings. The molecule has 0 amide bonds. The average molecular weight is 236 g/mol. The number of nitrogens with one attached hydrogen (secondary N) is 2. The van der Waals surface area contributed by atoms with Gasteiger partial charge in [-0.2, -0.15) is 0 Å². The van der Waals surface area contributed by atoms with E-state index in [-0.39, 0.29) is 0 Å². The molecule has 0 saturated carbocycles. The molecular formula is C13H20N2O2. The van der Waals surface area contributed by atoms with Crippen molar-refractivity contribution < 1.29 is 9.84 Å². The maximum absolute atomic E-state index is 10.0. The summed E-state index contributed by atoms with van der Waals surface area (Å²) in [5.74, 6) is 0.885. The molecule has 0 unspecified atom stereocenters. The quantitative estimate of drug-likeness (QED) is 0.625. The second-order valence-corrected chi connectivity index (χ2v) is 4.49. The Bertz CT molecular complexity index is 323. The number of hydrogen-bond acceptors (Lipinski definition) is 4. The number of β-amino-alcohol motifs (C(OH)–C–C–N with tert-alkyl or cyclic N) is 1. The van der Waals surface area contributed by atoms with Crippen molar-refractivity contribution >= 4 is 0 Å². The summed E-state index contributed by atoms with van der Waals surface area (Å²) in [5, 5.41) is 16.4. The minimum atomic E-state index is -0.577. The molecule has 94 valence electrons. The summed E-state index contributed by atoms with van der Waals surface area (Å²) < 4.78 is 5.54. The Hall–Kier alpha value is -1.10. The van der Waals surface area contributed by atoms with Crippen LogP contribution in [-0.2, 0) is 0 Å². The first-order chi connectivity index (χ1) is 8.29. The maximum atomic E-state index is 10.0. The third kappa shape index (κ3) is 4.00. The van der Waals surface area contributed by atoms with Crippen molar-refractivity contribution in [1.82, 2.24) is 10.6 Å². The van der Waals surface area contributed by atoms with Gasteiger partial charge in [0.25, 0.3) is 0 Å². The van der Waals surface area contributed by atoms with Gasteiger partial charge in [-0.05, 0) is 25.1 Å². The Morgan fingerprint density at radius 3 is 2.88 bits per heavy atom. The third-order valence-electron chi connectivity index (χ3n) is 2.97. The second-order valence-electron chi connectivity index (χ2n) is 4.49. The zero-order chi connectivity index (χ0) is 12.0. The summed E-state index contributed by atoms with van der Waals surface area (Å²) in [5.41, 5.74) is -0.577. The van der Waals surface area contributed by atoms with E-state index in [0.717, 1.165) is 25.3 Å². The molecular weight excluding hydrogens is 216 g/mol. The van der Waals surface area contributed by atoms with Crippen molar-refractivity contribution in [3.63, 3.8) is 0 Å². The van der Waals surface area contributed by atoms with E-state index in [1.807, 2.05) is 30.3 Å². The van der Waals surface area contributed by atoms with Crippen LogP contribution < -0.4 is 15.4 Å². The minimum Gasteiger partial charge on any atom is -0.492 e. The van der Waals surface area contributed by atoms with Gasteiger partial charge in [0.15, 0.2) is 0 Å². The Morgan fingerprint density at radius 2 is 2.18 bits per heavy atom. The molecule has 2 rings (SSSR count). The van der Waals surface area contributed by atoms with Crippen LogP contribution in [0.15, 0.2) is 30.3 Å². The minimum absolute atomic E-state index is 0.577. The summed E-state index contributed by atoms with van der Waals surface area (Å²) in [4.78, 5) is 0. The van der Waals surface area contributed by atoms with Crippen LogP contribution in [0.1, 0.15) is 6.42 Å². The van der Waals surface area contributed by atoms with Crippen LogP contribution in [0.4, 0.5) is 0 Å². The molecule has 0 spiro atoms. The van der Waals surface area contributed by atoms with Gasteiger partial charge in [-0.25, -0.2) is 0 Å². The number of benzene rings is 1. The van der Waals surface area contributed by atoms with Crippen molar-refractivity contribution in [1.29, 1.82) is 0 Å². The molecule has 0 aromatic heterocycles. The molecule has 1 fully saturated rings. The van der Waals surface area contributed by atoms with E-state index < -0.39 is 5.60 Å². The van der Waals surface area contributed by atoms with Gasteiger partial charge >= 0.3 is 0 Å². The largest absolute Gasteiger partial charge is 0.492 e. The fraction of sp³-hybridized carbons (Fsp3) is 0.538. The highest BCUT2D eigenvalue weighted by Gasteiger charge is 2.30. The number of rotatable bonds is 6. The predicted molar refractivity (Wildman–Crippen MR) is 67.2 cm³/mol. The molecule has 1 aromatic rings. The SMILES string of the molecule is O[C@@]1(CNCCOc2ccccc2)CCNC1. The van der Waals surface area contributed by atoms with Crippen LogP contribution in [0.2, 0.25) is 0 Å². The lowest BCUT2D eigenvalue weighted by Crippen LogP contribution is -2.43. The standard InChI is InChI=1S/C13H20N2O2/c16-13(6-7-14-10-13)11-15-8-9-17-12-4-2-1-3-5-12/h1-5,14-16H,6-11H2/t13-/m0/s1. The van der Waals surface area contributed by atoms with E-state index in [0.29, 0.717) is 19.7 Å². The Labute approximate surface area is 102 Å². The molecule has 1 aromatic carbocycles. The number of para-hydroxylation sites is 1. The lowest BCUT2D eigenvalue weighted by atomic mass is 10.0. The lowest BCUT2D eigenvalue weighted by Gasteiger charge is -2.21. The topological polar surface area (TPSA) is 53.5 Å². The monoisotopic (exact) mass is 236 g/mol. The normalized spacial score (nSPS) is 23.8. The van der Waals surface area contributed by atoms with Crippen molar-refractivity contribution in [3.05, 3.63) is 30.3 Å². The molecule has 0 bridgehead atoms. The number of ether oxygens (including phenoxy) is 1. The molecule has 3 N–H and O–H groups in total. The fourth-order valence-corrected chi connectivity index (χ4v) is 1.96. The smallest absolute Gasteiger partial charge is 0.119 e. The summed E-state index contributed by atoms with van der Waals surface area (Å²) in [6, 6.07) is 9.75. The Kier molecular flexibility index (Phi) is 4.36. The summed E-state index contributed by atoms with van der Waals surface area (Å²) in [7, 11) is 0. The molecule has 1 heterocycles. The number of hydrogen-bond donors (Lipinski definition) is 3. The highest BCUT2D eigenvalue weighted by atomic mass is 16.5. The van der Waals surface area contributed by atoms with E-state index >= 15 is 0 Å². The number of aliphatic hydroxyl groups is 1. The van der Waals surface area contributed by atoms with Gasteiger partial charge in [-0.1, -0.05) is 18.2 Å². The molecule has 0 aliphatic carbocycles. The first kappa shape index (κ1) is 12.4. The third-order valence-corrected chi connectivity index (χ3v) is 2.97. The van der Waals surface area contributed by atoms with Gasteiger partial charge in [0.05, 0.1) is 5.60 Å². The lowest BCUT2D eigenvalue weighted by molar-refractivity contribution is 0.0604. The van der Waals surface area contributed by atoms with Crippen LogP contribution in [0.3, 0.4) is 0 Å². The molecule has 17 heavy (non-hydrogen) atoms. The van der Waals surface area contributed by atoms with E-state index in [2.05, 4.69) is 10.6 Å². The van der Waals surface area contributed by atoms with Gasteiger partial charge in [-0.15, -0.1) is 0 Å². The first-order valence-corrected chi connectivity index (χ1v) is 6.10. The highest BCUT2D eigenvalue weighted by molar-refractivity contribution is 5.20. The van der Waals surface area contributed by atoms with Crippen LogP contribution in [0.5, 0.6) is 5.75 Å². The van der Waals surface area contributed by atoms with Crippen molar-refractivity contribution in [2.75, 3.05) is 32.8 Å². The van der Waals surface area contributed by atoms with Gasteiger partial charge < -0.3 is 20.5 Å². The summed E-state index contributed by atoms with van der Waals surface area (Å²) in [6.45, 7) is 3.57. The van der Waals surface area contributed by atoms with Gasteiger partial charge in [0.2, 0.25) is 0 Å². The first-order valence-electron chi connectivity index (χ1n) is 6.10. The molecule has 4 heteroatoms. The van der Waals surface area contributed by atoms with Gasteiger partial charge in [-0.3, -0.25) is 0 Å². The van der Waals surface area contributed by atoms with Crippen molar-refractivity contribution in [2.24, 2.45) is 0 Å². The highest BCUT2D eigenvalue weighted by Crippen LogP contribution is 2.12. The van der Waals surface area contributed by atoms with E-state index in [9.17, 15) is 5.11 Å². The molecule has 4 nitrogen and oxygen atoms in total. The summed E-state index contributed by atoms with van der Waals surface area (Å²) in [6.07, 6.45) is 0.819. The van der Waals surface area contributed by atoms with Gasteiger partial charge in [0.1, 0.15) is 12.4 Å².